The van der Waals surface area contributed by atoms with Crippen LogP contribution in [0.25, 0.3) is 0 Å². The van der Waals surface area contributed by atoms with E-state index in [2.05, 4.69) is 19.2 Å². The van der Waals surface area contributed by atoms with Gasteiger partial charge in [0.05, 0.1) is 12.7 Å². The fourth-order valence-electron chi connectivity index (χ4n) is 1.69. The third-order valence-electron chi connectivity index (χ3n) is 2.86. The predicted molar refractivity (Wildman–Crippen MR) is 57.5 cm³/mol. The maximum atomic E-state index is 5.85. The first-order valence-electron chi connectivity index (χ1n) is 5.60. The average molecular weight is 201 g/mol. The molecule has 1 atom stereocenters. The van der Waals surface area contributed by atoms with Gasteiger partial charge in [-0.1, -0.05) is 13.8 Å². The van der Waals surface area contributed by atoms with E-state index in [1.165, 1.54) is 0 Å². The summed E-state index contributed by atoms with van der Waals surface area (Å²) in [5, 5.41) is 3.28. The van der Waals surface area contributed by atoms with Gasteiger partial charge in [0, 0.05) is 19.3 Å². The Kier molecular flexibility index (Phi) is 5.45. The predicted octanol–water partition coefficient (Wildman–Crippen LogP) is 1.43. The summed E-state index contributed by atoms with van der Waals surface area (Å²) in [5.74, 6) is 0.625. The summed E-state index contributed by atoms with van der Waals surface area (Å²) >= 11 is 0. The molecule has 84 valence electrons. The summed E-state index contributed by atoms with van der Waals surface area (Å²) in [7, 11) is 2.00. The monoisotopic (exact) mass is 201 g/mol. The van der Waals surface area contributed by atoms with Gasteiger partial charge in [0.25, 0.3) is 0 Å². The summed E-state index contributed by atoms with van der Waals surface area (Å²) in [6.07, 6.45) is 2.52. The summed E-state index contributed by atoms with van der Waals surface area (Å²) in [5.41, 5.74) is 0. The Balaban J connectivity index is 2.16. The van der Waals surface area contributed by atoms with Crippen LogP contribution in [0.3, 0.4) is 0 Å². The van der Waals surface area contributed by atoms with Gasteiger partial charge < -0.3 is 14.8 Å². The highest BCUT2D eigenvalue weighted by molar-refractivity contribution is 4.70. The van der Waals surface area contributed by atoms with Gasteiger partial charge in [0.2, 0.25) is 0 Å². The molecular weight excluding hydrogens is 178 g/mol. The van der Waals surface area contributed by atoms with Crippen molar-refractivity contribution in [3.8, 4) is 0 Å². The molecule has 0 amide bonds. The van der Waals surface area contributed by atoms with E-state index in [9.17, 15) is 0 Å². The molecule has 0 saturated carbocycles. The maximum absolute atomic E-state index is 5.85. The molecule has 14 heavy (non-hydrogen) atoms. The van der Waals surface area contributed by atoms with Crippen LogP contribution < -0.4 is 5.32 Å². The smallest absolute Gasteiger partial charge is 0.0625 e. The first kappa shape index (κ1) is 12.0. The van der Waals surface area contributed by atoms with Gasteiger partial charge in [-0.05, 0) is 25.8 Å². The molecule has 1 rings (SSSR count). The Bertz CT molecular complexity index is 144. The Hall–Kier alpha value is -0.120. The molecule has 3 heteroatoms. The summed E-state index contributed by atoms with van der Waals surface area (Å²) in [6, 6.07) is 0.470. The summed E-state index contributed by atoms with van der Waals surface area (Å²) in [6.45, 7) is 6.97. The number of hydrogen-bond acceptors (Lipinski definition) is 3. The molecule has 0 radical (unpaired) electrons. The van der Waals surface area contributed by atoms with E-state index in [1.54, 1.807) is 0 Å². The molecule has 1 aliphatic rings. The molecule has 1 unspecified atom stereocenters. The van der Waals surface area contributed by atoms with Gasteiger partial charge in [0.15, 0.2) is 0 Å². The van der Waals surface area contributed by atoms with Crippen molar-refractivity contribution in [2.45, 2.75) is 38.8 Å². The molecule has 0 aromatic heterocycles. The van der Waals surface area contributed by atoms with E-state index in [-0.39, 0.29) is 0 Å². The number of ether oxygens (including phenoxy) is 2. The first-order valence-corrected chi connectivity index (χ1v) is 5.60. The van der Waals surface area contributed by atoms with E-state index in [0.29, 0.717) is 18.1 Å². The number of rotatable bonds is 5. The SMILES string of the molecule is CNC(COC1CCOCC1)C(C)C. The van der Waals surface area contributed by atoms with Crippen LogP contribution in [0.1, 0.15) is 26.7 Å². The third-order valence-corrected chi connectivity index (χ3v) is 2.86. The van der Waals surface area contributed by atoms with Gasteiger partial charge in [-0.25, -0.2) is 0 Å². The highest BCUT2D eigenvalue weighted by atomic mass is 16.5. The van der Waals surface area contributed by atoms with Crippen LogP contribution >= 0.6 is 0 Å². The Morgan fingerprint density at radius 1 is 1.36 bits per heavy atom. The number of likely N-dealkylation sites (N-methyl/N-ethyl adjacent to an activating group) is 1. The second kappa shape index (κ2) is 6.38. The fraction of sp³-hybridized carbons (Fsp3) is 1.00. The fourth-order valence-corrected chi connectivity index (χ4v) is 1.69. The quantitative estimate of drug-likeness (QED) is 0.730. The second-order valence-electron chi connectivity index (χ2n) is 4.28. The maximum Gasteiger partial charge on any atom is 0.0625 e. The molecule has 0 aliphatic carbocycles. The first-order chi connectivity index (χ1) is 6.74. The van der Waals surface area contributed by atoms with Crippen LogP contribution in [0.5, 0.6) is 0 Å². The van der Waals surface area contributed by atoms with Crippen molar-refractivity contribution >= 4 is 0 Å². The zero-order valence-electron chi connectivity index (χ0n) is 9.58. The molecule has 1 N–H and O–H groups in total. The van der Waals surface area contributed by atoms with Gasteiger partial charge in [0.1, 0.15) is 0 Å². The van der Waals surface area contributed by atoms with Gasteiger partial charge in [-0.3, -0.25) is 0 Å². The van der Waals surface area contributed by atoms with Crippen LogP contribution in [0, 0.1) is 5.92 Å². The highest BCUT2D eigenvalue weighted by Crippen LogP contribution is 2.12. The van der Waals surface area contributed by atoms with Gasteiger partial charge in [-0.2, -0.15) is 0 Å². The molecule has 1 aliphatic heterocycles. The number of nitrogens with one attached hydrogen (secondary N) is 1. The van der Waals surface area contributed by atoms with E-state index in [0.717, 1.165) is 32.7 Å². The molecule has 0 aromatic rings. The molecule has 1 saturated heterocycles. The van der Waals surface area contributed by atoms with Crippen molar-refractivity contribution in [1.29, 1.82) is 0 Å². The minimum Gasteiger partial charge on any atom is -0.381 e. The molecule has 1 fully saturated rings. The van der Waals surface area contributed by atoms with Crippen LogP contribution in [-0.4, -0.2) is 39.0 Å². The molecule has 3 nitrogen and oxygen atoms in total. The van der Waals surface area contributed by atoms with Gasteiger partial charge in [-0.15, -0.1) is 0 Å². The van der Waals surface area contributed by atoms with E-state index in [4.69, 9.17) is 9.47 Å². The van der Waals surface area contributed by atoms with Crippen molar-refractivity contribution in [3.05, 3.63) is 0 Å². The minimum absolute atomic E-state index is 0.415. The molecule has 0 spiro atoms. The standard InChI is InChI=1S/C11H23NO2/c1-9(2)11(12-3)8-14-10-4-6-13-7-5-10/h9-12H,4-8H2,1-3H3. The van der Waals surface area contributed by atoms with Crippen LogP contribution in [0.4, 0.5) is 0 Å². The zero-order valence-corrected chi connectivity index (χ0v) is 9.58. The minimum atomic E-state index is 0.415. The van der Waals surface area contributed by atoms with E-state index in [1.807, 2.05) is 7.05 Å². The zero-order chi connectivity index (χ0) is 10.4. The summed E-state index contributed by atoms with van der Waals surface area (Å²) < 4.78 is 11.1. The Morgan fingerprint density at radius 2 is 2.00 bits per heavy atom. The average Bonchev–Trinajstić information content (AvgIpc) is 2.20. The number of hydrogen-bond donors (Lipinski definition) is 1. The third kappa shape index (κ3) is 3.95. The topological polar surface area (TPSA) is 30.5 Å². The molecular formula is C11H23NO2. The Morgan fingerprint density at radius 3 is 2.50 bits per heavy atom. The van der Waals surface area contributed by atoms with Crippen molar-refractivity contribution in [2.75, 3.05) is 26.9 Å². The lowest BCUT2D eigenvalue weighted by Gasteiger charge is -2.26. The largest absolute Gasteiger partial charge is 0.381 e. The second-order valence-corrected chi connectivity index (χ2v) is 4.28. The van der Waals surface area contributed by atoms with Crippen molar-refractivity contribution < 1.29 is 9.47 Å². The lowest BCUT2D eigenvalue weighted by Crippen LogP contribution is -2.37. The van der Waals surface area contributed by atoms with E-state index >= 15 is 0 Å². The lowest BCUT2D eigenvalue weighted by molar-refractivity contribution is -0.0407. The highest BCUT2D eigenvalue weighted by Gasteiger charge is 2.17. The molecule has 0 aromatic carbocycles. The normalized spacial score (nSPS) is 21.4. The van der Waals surface area contributed by atoms with Crippen molar-refractivity contribution in [2.24, 2.45) is 5.92 Å². The molecule has 1 heterocycles. The lowest BCUT2D eigenvalue weighted by atomic mass is 10.1. The Labute approximate surface area is 87.2 Å². The van der Waals surface area contributed by atoms with Crippen molar-refractivity contribution in [3.63, 3.8) is 0 Å². The van der Waals surface area contributed by atoms with Crippen LogP contribution in [-0.2, 0) is 9.47 Å². The molecule has 0 bridgehead atoms. The van der Waals surface area contributed by atoms with Crippen LogP contribution in [0.15, 0.2) is 0 Å². The van der Waals surface area contributed by atoms with Crippen LogP contribution in [0.2, 0.25) is 0 Å². The van der Waals surface area contributed by atoms with Crippen molar-refractivity contribution in [1.82, 2.24) is 5.32 Å². The van der Waals surface area contributed by atoms with Gasteiger partial charge >= 0.3 is 0 Å². The summed E-state index contributed by atoms with van der Waals surface area (Å²) in [4.78, 5) is 0. The van der Waals surface area contributed by atoms with E-state index < -0.39 is 0 Å².